The topological polar surface area (TPSA) is 0 Å². The van der Waals surface area contributed by atoms with E-state index in [0.717, 1.165) is 11.8 Å². The summed E-state index contributed by atoms with van der Waals surface area (Å²) in [5.41, 5.74) is 0. The van der Waals surface area contributed by atoms with Gasteiger partial charge in [0.05, 0.1) is 0 Å². The molecule has 0 unspecified atom stereocenters. The molecule has 2 fully saturated rings. The van der Waals surface area contributed by atoms with Crippen LogP contribution in [0.15, 0.2) is 0 Å². The molecular formula is C12H23PS. The van der Waals surface area contributed by atoms with Crippen LogP contribution in [0.5, 0.6) is 0 Å². The van der Waals surface area contributed by atoms with Crippen LogP contribution in [0.4, 0.5) is 0 Å². The van der Waals surface area contributed by atoms with Crippen molar-refractivity contribution in [3.8, 4) is 0 Å². The lowest BCUT2D eigenvalue weighted by atomic mass is 9.82. The summed E-state index contributed by atoms with van der Waals surface area (Å²) in [6, 6.07) is -1.03. The highest BCUT2D eigenvalue weighted by Crippen LogP contribution is 2.67. The lowest BCUT2D eigenvalue weighted by Gasteiger charge is -2.31. The van der Waals surface area contributed by atoms with E-state index < -0.39 is 6.04 Å². The van der Waals surface area contributed by atoms with E-state index in [1.807, 2.05) is 0 Å². The summed E-state index contributed by atoms with van der Waals surface area (Å²) in [6.45, 7) is 7.14. The number of hydrogen-bond acceptors (Lipinski definition) is 1. The van der Waals surface area contributed by atoms with Crippen molar-refractivity contribution in [3.63, 3.8) is 0 Å². The molecule has 0 aromatic carbocycles. The summed E-state index contributed by atoms with van der Waals surface area (Å²) in [4.78, 5) is 0. The number of hydrogen-bond donors (Lipinski definition) is 0. The second-order valence-electron chi connectivity index (χ2n) is 6.23. The Hall–Kier alpha value is 0.650. The molecule has 1 saturated heterocycles. The second kappa shape index (κ2) is 3.59. The van der Waals surface area contributed by atoms with Crippen LogP contribution < -0.4 is 0 Å². The average molecular weight is 230 g/mol. The van der Waals surface area contributed by atoms with Gasteiger partial charge >= 0.3 is 0 Å². The number of fused-ring (bicyclic) bond motifs is 1. The first-order valence-corrected chi connectivity index (χ1v) is 9.18. The molecule has 82 valence electrons. The lowest BCUT2D eigenvalue weighted by Crippen LogP contribution is -2.16. The zero-order valence-electron chi connectivity index (χ0n) is 9.75. The minimum absolute atomic E-state index is 0.430. The minimum atomic E-state index is -1.03. The van der Waals surface area contributed by atoms with Crippen molar-refractivity contribution in [2.75, 3.05) is 12.3 Å². The van der Waals surface area contributed by atoms with Crippen LogP contribution >= 0.6 is 6.04 Å². The molecule has 1 aliphatic heterocycles. The predicted octanol–water partition coefficient (Wildman–Crippen LogP) is 4.08. The standard InChI is InChI=1S/C12H23PS/c1-12(2,3)13(14)8-10-6-4-5-7-11(10)9-13/h10-11H,4-9H2,1-3H3/t10-,11-/m1/s1. The largest absolute Gasteiger partial charge is 0.0969 e. The van der Waals surface area contributed by atoms with E-state index in [1.54, 1.807) is 0 Å². The van der Waals surface area contributed by atoms with E-state index in [2.05, 4.69) is 20.8 Å². The van der Waals surface area contributed by atoms with Gasteiger partial charge in [0.15, 0.2) is 0 Å². The summed E-state index contributed by atoms with van der Waals surface area (Å²) in [6.07, 6.45) is 8.77. The fraction of sp³-hybridized carbons (Fsp3) is 1.00. The Morgan fingerprint density at radius 2 is 1.43 bits per heavy atom. The monoisotopic (exact) mass is 230 g/mol. The van der Waals surface area contributed by atoms with E-state index in [-0.39, 0.29) is 0 Å². The normalized spacial score (nSPS) is 36.8. The molecule has 0 radical (unpaired) electrons. The van der Waals surface area contributed by atoms with E-state index >= 15 is 0 Å². The average Bonchev–Trinajstić information content (AvgIpc) is 2.40. The van der Waals surface area contributed by atoms with Gasteiger partial charge in [0.1, 0.15) is 0 Å². The Morgan fingerprint density at radius 1 is 1.00 bits per heavy atom. The van der Waals surface area contributed by atoms with Crippen LogP contribution in [0.3, 0.4) is 0 Å². The zero-order valence-corrected chi connectivity index (χ0v) is 11.5. The van der Waals surface area contributed by atoms with Gasteiger partial charge in [0.25, 0.3) is 0 Å². The summed E-state index contributed by atoms with van der Waals surface area (Å²) >= 11 is 6.03. The van der Waals surface area contributed by atoms with Crippen LogP contribution in [-0.4, -0.2) is 17.5 Å². The molecular weight excluding hydrogens is 207 g/mol. The molecule has 0 nitrogen and oxygen atoms in total. The molecule has 1 saturated carbocycles. The third kappa shape index (κ3) is 1.83. The highest BCUT2D eigenvalue weighted by atomic mass is 32.4. The van der Waals surface area contributed by atoms with Gasteiger partial charge in [-0.15, -0.1) is 0 Å². The van der Waals surface area contributed by atoms with Crippen molar-refractivity contribution in [1.29, 1.82) is 0 Å². The van der Waals surface area contributed by atoms with Gasteiger partial charge in [0.2, 0.25) is 0 Å². The molecule has 0 aromatic rings. The van der Waals surface area contributed by atoms with E-state index in [4.69, 9.17) is 11.8 Å². The van der Waals surface area contributed by atoms with Gasteiger partial charge in [-0.05, 0) is 48.2 Å². The Labute approximate surface area is 93.9 Å². The first kappa shape index (κ1) is 11.1. The van der Waals surface area contributed by atoms with Crippen molar-refractivity contribution in [2.45, 2.75) is 51.6 Å². The molecule has 0 N–H and O–H groups in total. The molecule has 2 aliphatic rings. The fourth-order valence-electron chi connectivity index (χ4n) is 3.15. The molecule has 0 spiro atoms. The first-order chi connectivity index (χ1) is 6.42. The molecule has 1 heterocycles. The van der Waals surface area contributed by atoms with Gasteiger partial charge in [-0.1, -0.05) is 45.4 Å². The summed E-state index contributed by atoms with van der Waals surface area (Å²) < 4.78 is 0. The predicted molar refractivity (Wildman–Crippen MR) is 69.2 cm³/mol. The third-order valence-corrected chi connectivity index (χ3v) is 11.4. The molecule has 1 aliphatic carbocycles. The van der Waals surface area contributed by atoms with E-state index in [0.29, 0.717) is 5.16 Å². The first-order valence-electron chi connectivity index (χ1n) is 6.00. The van der Waals surface area contributed by atoms with Crippen molar-refractivity contribution >= 4 is 17.8 Å². The maximum absolute atomic E-state index is 6.03. The van der Waals surface area contributed by atoms with Crippen molar-refractivity contribution < 1.29 is 0 Å². The lowest BCUT2D eigenvalue weighted by molar-refractivity contribution is 0.299. The van der Waals surface area contributed by atoms with E-state index in [9.17, 15) is 0 Å². The van der Waals surface area contributed by atoms with Gasteiger partial charge in [-0.25, -0.2) is 0 Å². The summed E-state index contributed by atoms with van der Waals surface area (Å²) in [5, 5.41) is 0.430. The van der Waals surface area contributed by atoms with Crippen LogP contribution in [0, 0.1) is 11.8 Å². The van der Waals surface area contributed by atoms with Crippen LogP contribution in [0.1, 0.15) is 46.5 Å². The summed E-state index contributed by atoms with van der Waals surface area (Å²) in [5.74, 6) is 2.04. The van der Waals surface area contributed by atoms with Crippen LogP contribution in [0.25, 0.3) is 0 Å². The Bertz CT molecular complexity index is 246. The van der Waals surface area contributed by atoms with Gasteiger partial charge < -0.3 is 0 Å². The maximum atomic E-state index is 6.03. The van der Waals surface area contributed by atoms with Crippen molar-refractivity contribution in [2.24, 2.45) is 11.8 Å². The highest BCUT2D eigenvalue weighted by molar-refractivity contribution is 8.15. The molecule has 2 rings (SSSR count). The van der Waals surface area contributed by atoms with Gasteiger partial charge in [-0.3, -0.25) is 0 Å². The van der Waals surface area contributed by atoms with Crippen LogP contribution in [0.2, 0.25) is 0 Å². The van der Waals surface area contributed by atoms with Gasteiger partial charge in [0, 0.05) is 0 Å². The molecule has 2 heteroatoms. The fourth-order valence-corrected chi connectivity index (χ4v) is 8.02. The smallest absolute Gasteiger partial charge is 0.00887 e. The minimum Gasteiger partial charge on any atom is -0.0969 e. The molecule has 14 heavy (non-hydrogen) atoms. The Morgan fingerprint density at radius 3 is 1.79 bits per heavy atom. The Balaban J connectivity index is 2.16. The Kier molecular flexibility index (Phi) is 2.86. The van der Waals surface area contributed by atoms with Gasteiger partial charge in [-0.2, -0.15) is 0 Å². The molecule has 2 atom stereocenters. The van der Waals surface area contributed by atoms with E-state index in [1.165, 1.54) is 38.0 Å². The zero-order chi connectivity index (χ0) is 10.4. The van der Waals surface area contributed by atoms with Crippen LogP contribution in [-0.2, 0) is 11.8 Å². The maximum Gasteiger partial charge on any atom is -0.00887 e. The number of rotatable bonds is 0. The van der Waals surface area contributed by atoms with Crippen molar-refractivity contribution in [3.05, 3.63) is 0 Å². The SMILES string of the molecule is CC(C)(C)P1(=S)C[C@H]2CCCC[C@@H]2C1. The third-order valence-electron chi connectivity index (χ3n) is 4.35. The second-order valence-corrected chi connectivity index (χ2v) is 12.2. The molecule has 0 amide bonds. The highest BCUT2D eigenvalue weighted by Gasteiger charge is 2.44. The molecule has 0 bridgehead atoms. The van der Waals surface area contributed by atoms with Crippen molar-refractivity contribution in [1.82, 2.24) is 0 Å². The quantitative estimate of drug-likeness (QED) is 0.565. The summed E-state index contributed by atoms with van der Waals surface area (Å²) in [7, 11) is 0. The molecule has 0 aromatic heterocycles.